The molecule has 3 aromatic carbocycles. The van der Waals surface area contributed by atoms with Crippen molar-refractivity contribution in [2.75, 3.05) is 0 Å². The second-order valence-corrected chi connectivity index (χ2v) is 8.94. The van der Waals surface area contributed by atoms with Crippen LogP contribution in [0.2, 0.25) is 0 Å². The summed E-state index contributed by atoms with van der Waals surface area (Å²) >= 11 is 0. The maximum Gasteiger partial charge on any atom is 0.343 e. The van der Waals surface area contributed by atoms with Crippen LogP contribution in [0, 0.1) is 10.1 Å². The van der Waals surface area contributed by atoms with Crippen molar-refractivity contribution < 1.29 is 24.0 Å². The summed E-state index contributed by atoms with van der Waals surface area (Å²) in [5, 5.41) is 10.8. The lowest BCUT2D eigenvalue weighted by Gasteiger charge is -2.08. The molecule has 3 rings (SSSR count). The first-order valence-corrected chi connectivity index (χ1v) is 12.8. The zero-order valence-electron chi connectivity index (χ0n) is 21.2. The maximum absolute atomic E-state index is 12.5. The molecule has 7 heteroatoms. The quantitative estimate of drug-likeness (QED) is 0.0729. The van der Waals surface area contributed by atoms with Crippen LogP contribution in [0.5, 0.6) is 11.5 Å². The highest BCUT2D eigenvalue weighted by molar-refractivity contribution is 5.91. The van der Waals surface area contributed by atoms with Gasteiger partial charge in [0.15, 0.2) is 0 Å². The molecule has 0 atom stereocenters. The molecule has 0 N–H and O–H groups in total. The zero-order chi connectivity index (χ0) is 26.5. The van der Waals surface area contributed by atoms with E-state index in [1.807, 2.05) is 0 Å². The fourth-order valence-corrected chi connectivity index (χ4v) is 3.90. The number of carbonyl (C=O) groups excluding carboxylic acids is 2. The Kier molecular flexibility index (Phi) is 10.8. The third-order valence-electron chi connectivity index (χ3n) is 6.03. The molecule has 7 nitrogen and oxygen atoms in total. The number of carbonyl (C=O) groups is 2. The lowest BCUT2D eigenvalue weighted by Crippen LogP contribution is -2.10. The minimum absolute atomic E-state index is 0.0265. The van der Waals surface area contributed by atoms with Crippen molar-refractivity contribution in [3.8, 4) is 22.6 Å². The van der Waals surface area contributed by atoms with Crippen LogP contribution < -0.4 is 9.47 Å². The summed E-state index contributed by atoms with van der Waals surface area (Å²) in [4.78, 5) is 34.9. The van der Waals surface area contributed by atoms with Crippen LogP contribution in [0.3, 0.4) is 0 Å². The van der Waals surface area contributed by atoms with Gasteiger partial charge in [-0.3, -0.25) is 14.9 Å². The standard InChI is InChI=1S/C30H33NO6/c1-2-3-4-5-6-7-8-9-10-29(32)36-27-21-15-25(16-22-27)30(33)37-28-19-13-24(14-20-28)23-11-17-26(18-12-23)31(34)35/h11-22H,2-10H2,1H3. The third kappa shape index (κ3) is 9.18. The van der Waals surface area contributed by atoms with Crippen LogP contribution in [-0.2, 0) is 4.79 Å². The molecule has 0 amide bonds. The second kappa shape index (κ2) is 14.5. The van der Waals surface area contributed by atoms with Crippen molar-refractivity contribution in [1.29, 1.82) is 0 Å². The minimum Gasteiger partial charge on any atom is -0.427 e. The van der Waals surface area contributed by atoms with Gasteiger partial charge in [-0.05, 0) is 66.1 Å². The molecule has 194 valence electrons. The number of hydrogen-bond acceptors (Lipinski definition) is 6. The highest BCUT2D eigenvalue weighted by Crippen LogP contribution is 2.25. The average molecular weight is 504 g/mol. The Morgan fingerprint density at radius 3 is 1.73 bits per heavy atom. The molecule has 0 fully saturated rings. The van der Waals surface area contributed by atoms with Crippen LogP contribution in [0.15, 0.2) is 72.8 Å². The van der Waals surface area contributed by atoms with Gasteiger partial charge in [-0.25, -0.2) is 4.79 Å². The fourth-order valence-electron chi connectivity index (χ4n) is 3.90. The predicted molar refractivity (Wildman–Crippen MR) is 143 cm³/mol. The van der Waals surface area contributed by atoms with Crippen molar-refractivity contribution >= 4 is 17.6 Å². The number of esters is 2. The van der Waals surface area contributed by atoms with Gasteiger partial charge in [0.1, 0.15) is 11.5 Å². The monoisotopic (exact) mass is 503 g/mol. The van der Waals surface area contributed by atoms with Crippen molar-refractivity contribution in [2.45, 2.75) is 64.7 Å². The Bertz CT molecular complexity index is 1150. The van der Waals surface area contributed by atoms with Crippen LogP contribution in [0.1, 0.15) is 75.1 Å². The van der Waals surface area contributed by atoms with Crippen molar-refractivity contribution in [2.24, 2.45) is 0 Å². The van der Waals surface area contributed by atoms with Gasteiger partial charge in [0.25, 0.3) is 5.69 Å². The summed E-state index contributed by atoms with van der Waals surface area (Å²) in [6.45, 7) is 2.21. The van der Waals surface area contributed by atoms with E-state index in [9.17, 15) is 19.7 Å². The number of hydrogen-bond donors (Lipinski definition) is 0. The molecule has 0 radical (unpaired) electrons. The fraction of sp³-hybridized carbons (Fsp3) is 0.333. The van der Waals surface area contributed by atoms with E-state index in [0.29, 0.717) is 23.5 Å². The Balaban J connectivity index is 1.42. The number of non-ortho nitro benzene ring substituents is 1. The van der Waals surface area contributed by atoms with Gasteiger partial charge >= 0.3 is 11.9 Å². The van der Waals surface area contributed by atoms with Gasteiger partial charge < -0.3 is 9.47 Å². The number of ether oxygens (including phenoxy) is 2. The van der Waals surface area contributed by atoms with Gasteiger partial charge in [0.05, 0.1) is 10.5 Å². The second-order valence-electron chi connectivity index (χ2n) is 8.94. The number of nitrogens with zero attached hydrogens (tertiary/aromatic N) is 1. The SMILES string of the molecule is CCCCCCCCCCC(=O)Oc1ccc(C(=O)Oc2ccc(-c3ccc([N+](=O)[O-])cc3)cc2)cc1. The summed E-state index contributed by atoms with van der Waals surface area (Å²) in [6.07, 6.45) is 9.69. The first kappa shape index (κ1) is 27.6. The number of nitro benzene ring substituents is 1. The number of benzene rings is 3. The summed E-state index contributed by atoms with van der Waals surface area (Å²) in [5.74, 6) is -0.0283. The molecule has 0 saturated carbocycles. The minimum atomic E-state index is -0.528. The largest absolute Gasteiger partial charge is 0.427 e. The lowest BCUT2D eigenvalue weighted by molar-refractivity contribution is -0.384. The topological polar surface area (TPSA) is 95.7 Å². The Morgan fingerprint density at radius 1 is 0.676 bits per heavy atom. The first-order chi connectivity index (χ1) is 18.0. The van der Waals surface area contributed by atoms with Crippen molar-refractivity contribution in [1.82, 2.24) is 0 Å². The normalized spacial score (nSPS) is 10.6. The maximum atomic E-state index is 12.5. The highest BCUT2D eigenvalue weighted by Gasteiger charge is 2.11. The predicted octanol–water partition coefficient (Wildman–Crippen LogP) is 7.92. The van der Waals surface area contributed by atoms with E-state index in [4.69, 9.17) is 9.47 Å². The van der Waals surface area contributed by atoms with E-state index >= 15 is 0 Å². The van der Waals surface area contributed by atoms with Gasteiger partial charge in [0, 0.05) is 18.6 Å². The van der Waals surface area contributed by atoms with Gasteiger partial charge in [0.2, 0.25) is 0 Å². The molecule has 0 bridgehead atoms. The Morgan fingerprint density at radius 2 is 1.16 bits per heavy atom. The van der Waals surface area contributed by atoms with Crippen molar-refractivity contribution in [3.05, 3.63) is 88.5 Å². The molecular weight excluding hydrogens is 470 g/mol. The van der Waals surface area contributed by atoms with E-state index < -0.39 is 10.9 Å². The molecule has 37 heavy (non-hydrogen) atoms. The Labute approximate surface area is 217 Å². The number of rotatable bonds is 14. The molecule has 0 aliphatic rings. The Hall–Kier alpha value is -4.00. The third-order valence-corrected chi connectivity index (χ3v) is 6.03. The van der Waals surface area contributed by atoms with Crippen LogP contribution in [0.25, 0.3) is 11.1 Å². The highest BCUT2D eigenvalue weighted by atomic mass is 16.6. The van der Waals surface area contributed by atoms with E-state index in [-0.39, 0.29) is 11.7 Å². The molecule has 3 aromatic rings. The molecule has 0 aliphatic carbocycles. The molecule has 0 aliphatic heterocycles. The van der Waals surface area contributed by atoms with Crippen LogP contribution >= 0.6 is 0 Å². The van der Waals surface area contributed by atoms with Crippen LogP contribution in [-0.4, -0.2) is 16.9 Å². The zero-order valence-corrected chi connectivity index (χ0v) is 21.2. The van der Waals surface area contributed by atoms with E-state index in [1.165, 1.54) is 44.2 Å². The van der Waals surface area contributed by atoms with E-state index in [0.717, 1.165) is 30.4 Å². The number of unbranched alkanes of at least 4 members (excludes halogenated alkanes) is 7. The van der Waals surface area contributed by atoms with Gasteiger partial charge in [-0.1, -0.05) is 64.0 Å². The summed E-state index contributed by atoms with van der Waals surface area (Å²) in [6, 6.07) is 19.4. The molecule has 0 heterocycles. The summed E-state index contributed by atoms with van der Waals surface area (Å²) in [5.41, 5.74) is 2.02. The number of nitro groups is 1. The lowest BCUT2D eigenvalue weighted by atomic mass is 10.1. The first-order valence-electron chi connectivity index (χ1n) is 12.8. The average Bonchev–Trinajstić information content (AvgIpc) is 2.91. The molecular formula is C30H33NO6. The molecule has 0 spiro atoms. The van der Waals surface area contributed by atoms with Crippen molar-refractivity contribution in [3.63, 3.8) is 0 Å². The molecule has 0 saturated heterocycles. The summed E-state index contributed by atoms with van der Waals surface area (Å²) < 4.78 is 10.8. The van der Waals surface area contributed by atoms with E-state index in [2.05, 4.69) is 6.92 Å². The van der Waals surface area contributed by atoms with Gasteiger partial charge in [-0.15, -0.1) is 0 Å². The van der Waals surface area contributed by atoms with Gasteiger partial charge in [-0.2, -0.15) is 0 Å². The van der Waals surface area contributed by atoms with E-state index in [1.54, 1.807) is 60.7 Å². The molecule has 0 aromatic heterocycles. The summed E-state index contributed by atoms with van der Waals surface area (Å²) in [7, 11) is 0. The smallest absolute Gasteiger partial charge is 0.343 e. The van der Waals surface area contributed by atoms with Crippen LogP contribution in [0.4, 0.5) is 5.69 Å². The molecule has 0 unspecified atom stereocenters.